The first-order chi connectivity index (χ1) is 11.5. The first kappa shape index (κ1) is 15.4. The summed E-state index contributed by atoms with van der Waals surface area (Å²) < 4.78 is 0. The van der Waals surface area contributed by atoms with Crippen LogP contribution in [0.15, 0.2) is 72.8 Å². The van der Waals surface area contributed by atoms with Crippen molar-refractivity contribution in [3.05, 3.63) is 83.9 Å². The summed E-state index contributed by atoms with van der Waals surface area (Å²) in [5, 5.41) is 11.2. The average Bonchev–Trinajstić information content (AvgIpc) is 2.60. The molecule has 24 heavy (non-hydrogen) atoms. The van der Waals surface area contributed by atoms with E-state index in [1.54, 1.807) is 0 Å². The molecule has 3 aliphatic carbocycles. The minimum Gasteiger partial charge on any atom is -0.391 e. The van der Waals surface area contributed by atoms with Crippen molar-refractivity contribution >= 4 is 11.1 Å². The maximum atomic E-state index is 11.2. The fourth-order valence-electron chi connectivity index (χ4n) is 4.73. The highest BCUT2D eigenvalue weighted by Crippen LogP contribution is 2.62. The van der Waals surface area contributed by atoms with Crippen molar-refractivity contribution in [1.82, 2.24) is 0 Å². The molecular formula is C23H24O. The van der Waals surface area contributed by atoms with Crippen LogP contribution in [0.1, 0.15) is 31.9 Å². The maximum Gasteiger partial charge on any atom is 0.0728 e. The molecule has 3 aliphatic rings. The van der Waals surface area contributed by atoms with Gasteiger partial charge in [-0.25, -0.2) is 0 Å². The monoisotopic (exact) mass is 316 g/mol. The molecule has 5 rings (SSSR count). The number of hydrogen-bond acceptors (Lipinski definition) is 1. The molecule has 1 N–H and O–H groups in total. The Morgan fingerprint density at radius 3 is 1.92 bits per heavy atom. The zero-order valence-electron chi connectivity index (χ0n) is 14.5. The Labute approximate surface area is 144 Å². The van der Waals surface area contributed by atoms with E-state index in [1.807, 2.05) is 6.07 Å². The van der Waals surface area contributed by atoms with Crippen molar-refractivity contribution in [2.45, 2.75) is 26.9 Å². The number of aliphatic hydroxyl groups is 1. The molecule has 1 nitrogen and oxygen atoms in total. The summed E-state index contributed by atoms with van der Waals surface area (Å²) in [5.74, 6) is 0.215. The zero-order chi connectivity index (χ0) is 16.9. The second kappa shape index (κ2) is 5.19. The SMILES string of the molecule is CC1(C)[C@@H]2C=C[C@@](C)(C(c3ccccc3)=C2c2ccccc2)[C@H]1O. The van der Waals surface area contributed by atoms with Crippen molar-refractivity contribution in [2.75, 3.05) is 0 Å². The first-order valence-electron chi connectivity index (χ1n) is 8.69. The number of fused-ring (bicyclic) bond motifs is 1. The van der Waals surface area contributed by atoms with Gasteiger partial charge in [-0.05, 0) is 29.2 Å². The molecule has 0 radical (unpaired) electrons. The topological polar surface area (TPSA) is 20.2 Å². The predicted molar refractivity (Wildman–Crippen MR) is 100 cm³/mol. The van der Waals surface area contributed by atoms with Crippen molar-refractivity contribution in [3.8, 4) is 0 Å². The van der Waals surface area contributed by atoms with E-state index < -0.39 is 6.10 Å². The van der Waals surface area contributed by atoms with Gasteiger partial charge in [-0.2, -0.15) is 0 Å². The van der Waals surface area contributed by atoms with Crippen LogP contribution in [-0.4, -0.2) is 11.2 Å². The Bertz CT molecular complexity index is 814. The highest BCUT2D eigenvalue weighted by atomic mass is 16.3. The lowest BCUT2D eigenvalue weighted by Crippen LogP contribution is -2.53. The van der Waals surface area contributed by atoms with Gasteiger partial charge in [0.05, 0.1) is 6.10 Å². The molecule has 0 saturated carbocycles. The molecule has 1 heteroatoms. The van der Waals surface area contributed by atoms with E-state index in [0.29, 0.717) is 0 Å². The van der Waals surface area contributed by atoms with Crippen LogP contribution < -0.4 is 0 Å². The van der Waals surface area contributed by atoms with Crippen LogP contribution in [0.4, 0.5) is 0 Å². The summed E-state index contributed by atoms with van der Waals surface area (Å²) in [5.41, 5.74) is 4.55. The van der Waals surface area contributed by atoms with Gasteiger partial charge in [-0.3, -0.25) is 0 Å². The molecule has 0 fully saturated rings. The smallest absolute Gasteiger partial charge is 0.0728 e. The summed E-state index contributed by atoms with van der Waals surface area (Å²) in [7, 11) is 0. The molecule has 122 valence electrons. The van der Waals surface area contributed by atoms with Crippen LogP contribution in [0.5, 0.6) is 0 Å². The van der Waals surface area contributed by atoms with Crippen LogP contribution in [0.2, 0.25) is 0 Å². The second-order valence-electron chi connectivity index (χ2n) is 7.86. The average molecular weight is 316 g/mol. The van der Waals surface area contributed by atoms with E-state index in [-0.39, 0.29) is 16.7 Å². The van der Waals surface area contributed by atoms with Gasteiger partial charge < -0.3 is 5.11 Å². The third kappa shape index (κ3) is 1.98. The highest BCUT2D eigenvalue weighted by Gasteiger charge is 2.56. The number of benzene rings is 2. The minimum absolute atomic E-state index is 0.188. The van der Waals surface area contributed by atoms with E-state index in [2.05, 4.69) is 87.5 Å². The normalized spacial score (nSPS) is 30.7. The number of allylic oxidation sites excluding steroid dienone is 2. The molecule has 0 unspecified atom stereocenters. The molecule has 2 bridgehead atoms. The lowest BCUT2D eigenvalue weighted by Gasteiger charge is -2.56. The van der Waals surface area contributed by atoms with Crippen LogP contribution in [0, 0.1) is 16.7 Å². The van der Waals surface area contributed by atoms with Crippen LogP contribution in [-0.2, 0) is 0 Å². The third-order valence-electron chi connectivity index (χ3n) is 5.98. The van der Waals surface area contributed by atoms with Gasteiger partial charge in [0.1, 0.15) is 0 Å². The number of aliphatic hydroxyl groups excluding tert-OH is 1. The van der Waals surface area contributed by atoms with Crippen molar-refractivity contribution in [1.29, 1.82) is 0 Å². The fourth-order valence-corrected chi connectivity index (χ4v) is 4.73. The van der Waals surface area contributed by atoms with E-state index in [1.165, 1.54) is 22.3 Å². The Hall–Kier alpha value is -2.12. The van der Waals surface area contributed by atoms with Gasteiger partial charge in [0.15, 0.2) is 0 Å². The molecule has 0 aliphatic heterocycles. The van der Waals surface area contributed by atoms with Crippen molar-refractivity contribution < 1.29 is 5.11 Å². The fraction of sp³-hybridized carbons (Fsp3) is 0.304. The second-order valence-corrected chi connectivity index (χ2v) is 7.86. The predicted octanol–water partition coefficient (Wildman–Crippen LogP) is 5.19. The maximum absolute atomic E-state index is 11.2. The van der Waals surface area contributed by atoms with Gasteiger partial charge in [0.2, 0.25) is 0 Å². The molecule has 0 heterocycles. The van der Waals surface area contributed by atoms with E-state index >= 15 is 0 Å². The summed E-state index contributed by atoms with van der Waals surface area (Å²) >= 11 is 0. The van der Waals surface area contributed by atoms with E-state index in [9.17, 15) is 5.11 Å². The largest absolute Gasteiger partial charge is 0.391 e. The Morgan fingerprint density at radius 2 is 1.33 bits per heavy atom. The minimum atomic E-state index is -0.400. The lowest BCUT2D eigenvalue weighted by atomic mass is 9.49. The van der Waals surface area contributed by atoms with E-state index in [4.69, 9.17) is 0 Å². The van der Waals surface area contributed by atoms with Gasteiger partial charge in [-0.1, -0.05) is 86.7 Å². The van der Waals surface area contributed by atoms with Crippen LogP contribution in [0.25, 0.3) is 11.1 Å². The molecule has 2 aromatic carbocycles. The molecule has 0 spiro atoms. The Balaban J connectivity index is 2.06. The molecule has 2 aromatic rings. The summed E-state index contributed by atoms with van der Waals surface area (Å²) in [6.07, 6.45) is 4.13. The van der Waals surface area contributed by atoms with Gasteiger partial charge in [0, 0.05) is 16.7 Å². The van der Waals surface area contributed by atoms with Crippen LogP contribution >= 0.6 is 0 Å². The first-order valence-corrected chi connectivity index (χ1v) is 8.69. The quantitative estimate of drug-likeness (QED) is 0.756. The molecule has 0 aromatic heterocycles. The third-order valence-corrected chi connectivity index (χ3v) is 5.98. The Morgan fingerprint density at radius 1 is 0.792 bits per heavy atom. The van der Waals surface area contributed by atoms with Gasteiger partial charge in [0.25, 0.3) is 0 Å². The molecule has 0 saturated heterocycles. The van der Waals surface area contributed by atoms with Crippen molar-refractivity contribution in [3.63, 3.8) is 0 Å². The molecular weight excluding hydrogens is 292 g/mol. The summed E-state index contributed by atoms with van der Waals surface area (Å²) in [6, 6.07) is 21.2. The van der Waals surface area contributed by atoms with Gasteiger partial charge in [-0.15, -0.1) is 0 Å². The highest BCUT2D eigenvalue weighted by molar-refractivity contribution is 5.98. The Kier molecular flexibility index (Phi) is 3.33. The zero-order valence-corrected chi connectivity index (χ0v) is 14.5. The van der Waals surface area contributed by atoms with Gasteiger partial charge >= 0.3 is 0 Å². The van der Waals surface area contributed by atoms with Crippen LogP contribution in [0.3, 0.4) is 0 Å². The molecule has 3 atom stereocenters. The summed E-state index contributed by atoms with van der Waals surface area (Å²) in [6.45, 7) is 6.56. The summed E-state index contributed by atoms with van der Waals surface area (Å²) in [4.78, 5) is 0. The lowest BCUT2D eigenvalue weighted by molar-refractivity contribution is -0.0303. The van der Waals surface area contributed by atoms with E-state index in [0.717, 1.165) is 0 Å². The number of hydrogen-bond donors (Lipinski definition) is 1. The van der Waals surface area contributed by atoms with Crippen molar-refractivity contribution in [2.24, 2.45) is 16.7 Å². The molecule has 0 amide bonds. The standard InChI is InChI=1S/C23H24O/c1-22(2)18-14-15-23(3,21(22)24)20(17-12-8-5-9-13-17)19(18)16-10-6-4-7-11-16/h4-15,18,21,24H,1-3H3/t18-,21+,23+/m1/s1. The number of rotatable bonds is 2.